The van der Waals surface area contributed by atoms with E-state index in [2.05, 4.69) is 5.32 Å². The molecular formula is C10H19N3O2. The minimum absolute atomic E-state index is 0.0728. The van der Waals surface area contributed by atoms with Gasteiger partial charge in [0.05, 0.1) is 18.2 Å². The number of hydrogen-bond donors (Lipinski definition) is 2. The first kappa shape index (κ1) is 10.7. The van der Waals surface area contributed by atoms with E-state index in [1.807, 2.05) is 4.90 Å². The van der Waals surface area contributed by atoms with Gasteiger partial charge in [0, 0.05) is 26.2 Å². The predicted octanol–water partition coefficient (Wildman–Crippen LogP) is -0.533. The van der Waals surface area contributed by atoms with Crippen LogP contribution in [0.2, 0.25) is 0 Å². The van der Waals surface area contributed by atoms with Crippen molar-refractivity contribution in [3.05, 3.63) is 0 Å². The van der Waals surface area contributed by atoms with Gasteiger partial charge < -0.3 is 20.2 Å². The smallest absolute Gasteiger partial charge is 0.320 e. The van der Waals surface area contributed by atoms with Gasteiger partial charge in [-0.2, -0.15) is 0 Å². The molecule has 2 fully saturated rings. The van der Waals surface area contributed by atoms with Crippen molar-refractivity contribution in [2.75, 3.05) is 32.7 Å². The highest BCUT2D eigenvalue weighted by atomic mass is 16.3. The molecule has 1 atom stereocenters. The Balaban J connectivity index is 2.01. The van der Waals surface area contributed by atoms with E-state index in [4.69, 9.17) is 0 Å². The van der Waals surface area contributed by atoms with Crippen LogP contribution in [0.5, 0.6) is 0 Å². The van der Waals surface area contributed by atoms with Crippen LogP contribution in [-0.2, 0) is 0 Å². The summed E-state index contributed by atoms with van der Waals surface area (Å²) in [6, 6.07) is 0.359. The molecule has 2 saturated heterocycles. The molecule has 0 radical (unpaired) electrons. The summed E-state index contributed by atoms with van der Waals surface area (Å²) in [6.07, 6.45) is 0. The van der Waals surface area contributed by atoms with Crippen molar-refractivity contribution in [1.82, 2.24) is 15.1 Å². The van der Waals surface area contributed by atoms with E-state index in [0.29, 0.717) is 6.54 Å². The summed E-state index contributed by atoms with van der Waals surface area (Å²) < 4.78 is 0. The predicted molar refractivity (Wildman–Crippen MR) is 56.6 cm³/mol. The normalized spacial score (nSPS) is 27.1. The van der Waals surface area contributed by atoms with Crippen molar-refractivity contribution in [1.29, 1.82) is 0 Å². The number of nitrogens with zero attached hydrogens (tertiary/aromatic N) is 2. The van der Waals surface area contributed by atoms with Crippen molar-refractivity contribution in [3.8, 4) is 0 Å². The maximum Gasteiger partial charge on any atom is 0.320 e. The molecule has 0 bridgehead atoms. The van der Waals surface area contributed by atoms with Crippen LogP contribution < -0.4 is 5.32 Å². The van der Waals surface area contributed by atoms with Gasteiger partial charge in [-0.15, -0.1) is 0 Å². The van der Waals surface area contributed by atoms with E-state index in [1.165, 1.54) is 0 Å². The second-order valence-corrected chi connectivity index (χ2v) is 5.03. The van der Waals surface area contributed by atoms with Crippen LogP contribution >= 0.6 is 0 Å². The Bertz CT molecular complexity index is 262. The highest BCUT2D eigenvalue weighted by Crippen LogP contribution is 2.19. The lowest BCUT2D eigenvalue weighted by molar-refractivity contribution is 0.0511. The van der Waals surface area contributed by atoms with Gasteiger partial charge in [-0.3, -0.25) is 0 Å². The summed E-state index contributed by atoms with van der Waals surface area (Å²) in [4.78, 5) is 15.6. The van der Waals surface area contributed by atoms with E-state index in [-0.39, 0.29) is 12.1 Å². The van der Waals surface area contributed by atoms with Gasteiger partial charge in [0.25, 0.3) is 0 Å². The number of amides is 2. The number of rotatable bonds is 2. The first-order valence-electron chi connectivity index (χ1n) is 5.46. The fourth-order valence-corrected chi connectivity index (χ4v) is 2.29. The van der Waals surface area contributed by atoms with Crippen molar-refractivity contribution >= 4 is 6.03 Å². The molecular weight excluding hydrogens is 194 g/mol. The van der Waals surface area contributed by atoms with E-state index in [1.54, 1.807) is 18.7 Å². The molecule has 2 rings (SSSR count). The number of piperazine rings is 1. The summed E-state index contributed by atoms with van der Waals surface area (Å²) in [5.74, 6) is 0. The second kappa shape index (κ2) is 3.64. The van der Waals surface area contributed by atoms with Crippen LogP contribution in [0.3, 0.4) is 0 Å². The van der Waals surface area contributed by atoms with Gasteiger partial charge in [-0.25, -0.2) is 4.79 Å². The first-order valence-corrected chi connectivity index (χ1v) is 5.46. The second-order valence-electron chi connectivity index (χ2n) is 5.03. The Hall–Kier alpha value is -0.810. The number of nitrogens with one attached hydrogen (secondary N) is 1. The average Bonchev–Trinajstić information content (AvgIpc) is 2.42. The highest BCUT2D eigenvalue weighted by Gasteiger charge is 2.39. The monoisotopic (exact) mass is 213 g/mol. The summed E-state index contributed by atoms with van der Waals surface area (Å²) >= 11 is 0. The maximum absolute atomic E-state index is 11.9. The van der Waals surface area contributed by atoms with Crippen molar-refractivity contribution in [2.24, 2.45) is 0 Å². The maximum atomic E-state index is 11.9. The number of β-amino-alcohol motifs (C(OH)–C–C–N with tert-alkyl or cyclic N) is 1. The van der Waals surface area contributed by atoms with Crippen LogP contribution in [0.1, 0.15) is 13.8 Å². The van der Waals surface area contributed by atoms with E-state index < -0.39 is 5.60 Å². The third-order valence-corrected chi connectivity index (χ3v) is 2.88. The van der Waals surface area contributed by atoms with Crippen LogP contribution in [0.4, 0.5) is 4.79 Å². The quantitative estimate of drug-likeness (QED) is 0.648. The van der Waals surface area contributed by atoms with Gasteiger partial charge in [-0.1, -0.05) is 0 Å². The van der Waals surface area contributed by atoms with Gasteiger partial charge in [-0.05, 0) is 13.8 Å². The summed E-state index contributed by atoms with van der Waals surface area (Å²) in [7, 11) is 0. The Morgan fingerprint density at radius 3 is 2.93 bits per heavy atom. The molecule has 0 saturated carbocycles. The molecule has 2 amide bonds. The zero-order valence-corrected chi connectivity index (χ0v) is 9.36. The number of fused-ring (bicyclic) bond motifs is 1. The highest BCUT2D eigenvalue weighted by molar-refractivity contribution is 5.77. The molecule has 2 heterocycles. The lowest BCUT2D eigenvalue weighted by Gasteiger charge is -2.28. The zero-order chi connectivity index (χ0) is 11.1. The number of carbonyl (C=O) groups is 1. The minimum atomic E-state index is -0.808. The lowest BCUT2D eigenvalue weighted by atomic mass is 10.1. The molecule has 0 aromatic rings. The number of urea groups is 1. The summed E-state index contributed by atoms with van der Waals surface area (Å²) in [5.41, 5.74) is -0.808. The fraction of sp³-hybridized carbons (Fsp3) is 0.900. The van der Waals surface area contributed by atoms with Gasteiger partial charge in [0.2, 0.25) is 0 Å². The molecule has 2 aliphatic heterocycles. The minimum Gasteiger partial charge on any atom is -0.389 e. The molecule has 0 aliphatic carbocycles. The molecule has 86 valence electrons. The van der Waals surface area contributed by atoms with Crippen molar-refractivity contribution in [2.45, 2.75) is 25.5 Å². The topological polar surface area (TPSA) is 55.8 Å². The molecule has 5 heteroatoms. The van der Waals surface area contributed by atoms with Crippen LogP contribution in [0.25, 0.3) is 0 Å². The molecule has 5 nitrogen and oxygen atoms in total. The van der Waals surface area contributed by atoms with Gasteiger partial charge in [0.1, 0.15) is 0 Å². The number of aliphatic hydroxyl groups is 1. The lowest BCUT2D eigenvalue weighted by Crippen LogP contribution is -2.50. The average molecular weight is 213 g/mol. The van der Waals surface area contributed by atoms with Crippen LogP contribution in [-0.4, -0.2) is 65.3 Å². The van der Waals surface area contributed by atoms with E-state index in [9.17, 15) is 9.90 Å². The SMILES string of the molecule is CC(C)(O)CN1C[C@H]2CNCCN2C1=O. The van der Waals surface area contributed by atoms with Crippen molar-refractivity contribution in [3.63, 3.8) is 0 Å². The molecule has 0 unspecified atom stereocenters. The number of carbonyl (C=O) groups excluding carboxylic acids is 1. The van der Waals surface area contributed by atoms with E-state index in [0.717, 1.165) is 26.2 Å². The summed E-state index contributed by atoms with van der Waals surface area (Å²) in [6.45, 7) is 7.14. The third kappa shape index (κ3) is 2.23. The Morgan fingerprint density at radius 2 is 2.33 bits per heavy atom. The Morgan fingerprint density at radius 1 is 1.60 bits per heavy atom. The summed E-state index contributed by atoms with van der Waals surface area (Å²) in [5, 5.41) is 13.0. The standard InChI is InChI=1S/C10H19N3O2/c1-10(2,15)7-12-6-8-5-11-3-4-13(8)9(12)14/h8,11,15H,3-7H2,1-2H3/t8-/m1/s1. The molecule has 0 aromatic carbocycles. The largest absolute Gasteiger partial charge is 0.389 e. The molecule has 2 N–H and O–H groups in total. The van der Waals surface area contributed by atoms with Crippen molar-refractivity contribution < 1.29 is 9.90 Å². The molecule has 2 aliphatic rings. The van der Waals surface area contributed by atoms with Crippen LogP contribution in [0, 0.1) is 0 Å². The molecule has 0 aromatic heterocycles. The van der Waals surface area contributed by atoms with E-state index >= 15 is 0 Å². The Kier molecular flexibility index (Phi) is 2.60. The third-order valence-electron chi connectivity index (χ3n) is 2.88. The van der Waals surface area contributed by atoms with Gasteiger partial charge in [0.15, 0.2) is 0 Å². The molecule has 0 spiro atoms. The number of hydrogen-bond acceptors (Lipinski definition) is 3. The zero-order valence-electron chi connectivity index (χ0n) is 9.36. The molecule has 15 heavy (non-hydrogen) atoms. The van der Waals surface area contributed by atoms with Gasteiger partial charge >= 0.3 is 6.03 Å². The van der Waals surface area contributed by atoms with Crippen LogP contribution in [0.15, 0.2) is 0 Å². The fourth-order valence-electron chi connectivity index (χ4n) is 2.29. The first-order chi connectivity index (χ1) is 6.97. The Labute approximate surface area is 90.0 Å².